The normalized spacial score (nSPS) is 24.1. The van der Waals surface area contributed by atoms with Crippen LogP contribution in [0.1, 0.15) is 49.7 Å². The molecular formula is C16H23NO. The maximum Gasteiger partial charge on any atom is 0.0721 e. The van der Waals surface area contributed by atoms with Gasteiger partial charge in [0.05, 0.1) is 5.60 Å². The number of methoxy groups -OCH3 is 1. The molecule has 2 aliphatic carbocycles. The van der Waals surface area contributed by atoms with E-state index < -0.39 is 0 Å². The van der Waals surface area contributed by atoms with Crippen LogP contribution < -0.4 is 5.73 Å². The SMILES string of the molecule is COC1(Cc2ccc(C3(N)CCCC3)cc2)CC1. The Balaban J connectivity index is 1.73. The molecule has 2 heteroatoms. The molecule has 0 spiro atoms. The Hall–Kier alpha value is -0.860. The van der Waals surface area contributed by atoms with Crippen LogP contribution in [0.15, 0.2) is 24.3 Å². The van der Waals surface area contributed by atoms with Gasteiger partial charge in [-0.25, -0.2) is 0 Å². The van der Waals surface area contributed by atoms with E-state index in [4.69, 9.17) is 10.5 Å². The molecule has 2 nitrogen and oxygen atoms in total. The van der Waals surface area contributed by atoms with E-state index in [-0.39, 0.29) is 11.1 Å². The summed E-state index contributed by atoms with van der Waals surface area (Å²) in [5.74, 6) is 0. The second kappa shape index (κ2) is 4.36. The van der Waals surface area contributed by atoms with Gasteiger partial charge in [0, 0.05) is 19.1 Å². The number of benzene rings is 1. The molecule has 1 aromatic rings. The van der Waals surface area contributed by atoms with Crippen LogP contribution in [0.5, 0.6) is 0 Å². The Morgan fingerprint density at radius 1 is 1.06 bits per heavy atom. The zero-order valence-corrected chi connectivity index (χ0v) is 11.2. The minimum Gasteiger partial charge on any atom is -0.378 e. The highest BCUT2D eigenvalue weighted by molar-refractivity contribution is 5.30. The van der Waals surface area contributed by atoms with Crippen LogP contribution in [0.3, 0.4) is 0 Å². The number of hydrogen-bond acceptors (Lipinski definition) is 2. The summed E-state index contributed by atoms with van der Waals surface area (Å²) >= 11 is 0. The summed E-state index contributed by atoms with van der Waals surface area (Å²) in [4.78, 5) is 0. The first-order chi connectivity index (χ1) is 8.66. The summed E-state index contributed by atoms with van der Waals surface area (Å²) in [6, 6.07) is 8.93. The summed E-state index contributed by atoms with van der Waals surface area (Å²) in [5, 5.41) is 0. The van der Waals surface area contributed by atoms with Gasteiger partial charge in [-0.1, -0.05) is 37.1 Å². The molecule has 2 aliphatic rings. The van der Waals surface area contributed by atoms with Gasteiger partial charge in [-0.2, -0.15) is 0 Å². The number of ether oxygens (including phenoxy) is 1. The zero-order chi connectivity index (χ0) is 12.6. The fourth-order valence-corrected chi connectivity index (χ4v) is 3.21. The van der Waals surface area contributed by atoms with Crippen LogP contribution in [-0.4, -0.2) is 12.7 Å². The first-order valence-corrected chi connectivity index (χ1v) is 7.09. The van der Waals surface area contributed by atoms with Crippen molar-refractivity contribution >= 4 is 0 Å². The van der Waals surface area contributed by atoms with Gasteiger partial charge in [0.25, 0.3) is 0 Å². The summed E-state index contributed by atoms with van der Waals surface area (Å²) in [7, 11) is 1.83. The van der Waals surface area contributed by atoms with Crippen molar-refractivity contribution in [3.05, 3.63) is 35.4 Å². The van der Waals surface area contributed by atoms with E-state index in [1.54, 1.807) is 0 Å². The van der Waals surface area contributed by atoms with Gasteiger partial charge < -0.3 is 10.5 Å². The minimum absolute atomic E-state index is 0.0585. The first-order valence-electron chi connectivity index (χ1n) is 7.09. The van der Waals surface area contributed by atoms with E-state index in [0.717, 1.165) is 19.3 Å². The molecule has 2 fully saturated rings. The van der Waals surface area contributed by atoms with E-state index >= 15 is 0 Å². The Morgan fingerprint density at radius 2 is 1.67 bits per heavy atom. The molecule has 0 radical (unpaired) electrons. The third kappa shape index (κ3) is 2.19. The van der Waals surface area contributed by atoms with Crippen LogP contribution in [-0.2, 0) is 16.7 Å². The standard InChI is InChI=1S/C16H23NO/c1-18-15(10-11-15)12-13-4-6-14(7-5-13)16(17)8-2-3-9-16/h4-7H,2-3,8-12,17H2,1H3. The molecule has 2 N–H and O–H groups in total. The second-order valence-corrected chi connectivity index (χ2v) is 6.12. The van der Waals surface area contributed by atoms with Crippen molar-refractivity contribution in [2.75, 3.05) is 7.11 Å². The molecule has 98 valence electrons. The third-order valence-electron chi connectivity index (χ3n) is 4.79. The van der Waals surface area contributed by atoms with Gasteiger partial charge >= 0.3 is 0 Å². The fourth-order valence-electron chi connectivity index (χ4n) is 3.21. The molecule has 1 aromatic carbocycles. The number of rotatable bonds is 4. The van der Waals surface area contributed by atoms with E-state index in [1.807, 2.05) is 7.11 Å². The van der Waals surface area contributed by atoms with Gasteiger partial charge in [0.1, 0.15) is 0 Å². The molecule has 0 amide bonds. The average molecular weight is 245 g/mol. The second-order valence-electron chi connectivity index (χ2n) is 6.12. The van der Waals surface area contributed by atoms with Crippen LogP contribution >= 0.6 is 0 Å². The Labute approximate surface area is 110 Å². The molecule has 0 aromatic heterocycles. The highest BCUT2D eigenvalue weighted by Crippen LogP contribution is 2.42. The highest BCUT2D eigenvalue weighted by Gasteiger charge is 2.42. The minimum atomic E-state index is -0.0585. The topological polar surface area (TPSA) is 35.2 Å². The van der Waals surface area contributed by atoms with Crippen molar-refractivity contribution in [3.8, 4) is 0 Å². The number of hydrogen-bond donors (Lipinski definition) is 1. The molecule has 0 aliphatic heterocycles. The van der Waals surface area contributed by atoms with Gasteiger partial charge in [-0.15, -0.1) is 0 Å². The van der Waals surface area contributed by atoms with E-state index in [2.05, 4.69) is 24.3 Å². The third-order valence-corrected chi connectivity index (χ3v) is 4.79. The Morgan fingerprint density at radius 3 is 2.17 bits per heavy atom. The largest absolute Gasteiger partial charge is 0.378 e. The lowest BCUT2D eigenvalue weighted by molar-refractivity contribution is 0.0807. The van der Waals surface area contributed by atoms with E-state index in [1.165, 1.54) is 36.8 Å². The Kier molecular flexibility index (Phi) is 2.95. The maximum absolute atomic E-state index is 6.47. The van der Waals surface area contributed by atoms with Crippen LogP contribution in [0.25, 0.3) is 0 Å². The monoisotopic (exact) mass is 245 g/mol. The molecule has 18 heavy (non-hydrogen) atoms. The smallest absolute Gasteiger partial charge is 0.0721 e. The molecular weight excluding hydrogens is 222 g/mol. The Bertz CT molecular complexity index is 413. The molecule has 0 saturated heterocycles. The fraction of sp³-hybridized carbons (Fsp3) is 0.625. The first kappa shape index (κ1) is 12.2. The molecule has 3 rings (SSSR count). The predicted molar refractivity (Wildman–Crippen MR) is 73.5 cm³/mol. The highest BCUT2D eigenvalue weighted by atomic mass is 16.5. The van der Waals surface area contributed by atoms with Gasteiger partial charge in [-0.05, 0) is 36.8 Å². The molecule has 0 atom stereocenters. The van der Waals surface area contributed by atoms with Crippen LogP contribution in [0, 0.1) is 0 Å². The van der Waals surface area contributed by atoms with E-state index in [9.17, 15) is 0 Å². The van der Waals surface area contributed by atoms with Crippen molar-refractivity contribution < 1.29 is 4.74 Å². The predicted octanol–water partition coefficient (Wildman–Crippen LogP) is 3.14. The number of nitrogens with two attached hydrogens (primary N) is 1. The lowest BCUT2D eigenvalue weighted by Crippen LogP contribution is -2.32. The van der Waals surface area contributed by atoms with Crippen molar-refractivity contribution in [1.29, 1.82) is 0 Å². The van der Waals surface area contributed by atoms with Crippen molar-refractivity contribution in [3.63, 3.8) is 0 Å². The van der Waals surface area contributed by atoms with Crippen LogP contribution in [0.4, 0.5) is 0 Å². The van der Waals surface area contributed by atoms with Crippen molar-refractivity contribution in [2.24, 2.45) is 5.73 Å². The lowest BCUT2D eigenvalue weighted by atomic mass is 9.88. The summed E-state index contributed by atoms with van der Waals surface area (Å²) < 4.78 is 5.58. The molecule has 0 bridgehead atoms. The summed E-state index contributed by atoms with van der Waals surface area (Å²) in [6.07, 6.45) is 8.25. The quantitative estimate of drug-likeness (QED) is 0.884. The molecule has 0 unspecified atom stereocenters. The van der Waals surface area contributed by atoms with Gasteiger partial charge in [-0.3, -0.25) is 0 Å². The molecule has 2 saturated carbocycles. The average Bonchev–Trinajstić information content (AvgIpc) is 3.03. The molecule has 0 heterocycles. The van der Waals surface area contributed by atoms with Crippen molar-refractivity contribution in [2.45, 2.75) is 56.1 Å². The van der Waals surface area contributed by atoms with Crippen LogP contribution in [0.2, 0.25) is 0 Å². The summed E-state index contributed by atoms with van der Waals surface area (Å²) in [5.41, 5.74) is 9.25. The maximum atomic E-state index is 6.47. The zero-order valence-electron chi connectivity index (χ0n) is 11.2. The van der Waals surface area contributed by atoms with E-state index in [0.29, 0.717) is 0 Å². The van der Waals surface area contributed by atoms with Gasteiger partial charge in [0.15, 0.2) is 0 Å². The lowest BCUT2D eigenvalue weighted by Gasteiger charge is -2.24. The van der Waals surface area contributed by atoms with Gasteiger partial charge in [0.2, 0.25) is 0 Å². The summed E-state index contributed by atoms with van der Waals surface area (Å²) in [6.45, 7) is 0. The van der Waals surface area contributed by atoms with Crippen molar-refractivity contribution in [1.82, 2.24) is 0 Å².